The number of carbonyl (C=O) groups excluding carboxylic acids is 2. The maximum atomic E-state index is 11.8. The predicted octanol–water partition coefficient (Wildman–Crippen LogP) is -0.678. The van der Waals surface area contributed by atoms with Crippen molar-refractivity contribution in [3.05, 3.63) is 34.2 Å². The number of nitrogens with zero attached hydrogens (tertiary/aromatic N) is 1. The first-order valence-corrected chi connectivity index (χ1v) is 4.81. The van der Waals surface area contributed by atoms with Crippen molar-refractivity contribution < 1.29 is 9.59 Å². The lowest BCUT2D eigenvalue weighted by molar-refractivity contribution is -0.118. The molecule has 6 nitrogen and oxygen atoms in total. The summed E-state index contributed by atoms with van der Waals surface area (Å²) in [7, 11) is 0. The number of pyridine rings is 1. The fraction of sp³-hybridized carbons (Fsp3) is 0.300. The van der Waals surface area contributed by atoms with Gasteiger partial charge in [0.15, 0.2) is 0 Å². The first kappa shape index (κ1) is 12.0. The SMILES string of the molecule is CCN(CC(N)=O)C(=O)c1cc[nH]c(=O)c1. The fourth-order valence-electron chi connectivity index (χ4n) is 1.28. The van der Waals surface area contributed by atoms with Gasteiger partial charge in [-0.25, -0.2) is 0 Å². The summed E-state index contributed by atoms with van der Waals surface area (Å²) in [4.78, 5) is 37.3. The maximum Gasteiger partial charge on any atom is 0.254 e. The van der Waals surface area contributed by atoms with Crippen molar-refractivity contribution in [2.75, 3.05) is 13.1 Å². The van der Waals surface area contributed by atoms with Gasteiger partial charge in [0.05, 0.1) is 6.54 Å². The van der Waals surface area contributed by atoms with E-state index in [0.717, 1.165) is 0 Å². The van der Waals surface area contributed by atoms with Gasteiger partial charge in [-0.3, -0.25) is 14.4 Å². The summed E-state index contributed by atoms with van der Waals surface area (Å²) >= 11 is 0. The molecule has 0 aliphatic carbocycles. The van der Waals surface area contributed by atoms with E-state index in [4.69, 9.17) is 5.73 Å². The molecule has 0 bridgehead atoms. The van der Waals surface area contributed by atoms with Crippen LogP contribution < -0.4 is 11.3 Å². The molecular weight excluding hydrogens is 210 g/mol. The summed E-state index contributed by atoms with van der Waals surface area (Å²) in [6.07, 6.45) is 1.38. The number of H-pyrrole nitrogens is 1. The number of aromatic nitrogens is 1. The number of hydrogen-bond donors (Lipinski definition) is 2. The summed E-state index contributed by atoms with van der Waals surface area (Å²) in [6, 6.07) is 2.67. The van der Waals surface area contributed by atoms with Crippen LogP contribution in [0.1, 0.15) is 17.3 Å². The molecule has 16 heavy (non-hydrogen) atoms. The van der Waals surface area contributed by atoms with Gasteiger partial charge in [-0.05, 0) is 13.0 Å². The lowest BCUT2D eigenvalue weighted by Crippen LogP contribution is -2.38. The Hall–Kier alpha value is -2.11. The molecule has 2 amide bonds. The quantitative estimate of drug-likeness (QED) is 0.708. The van der Waals surface area contributed by atoms with E-state index in [9.17, 15) is 14.4 Å². The highest BCUT2D eigenvalue weighted by atomic mass is 16.2. The minimum Gasteiger partial charge on any atom is -0.368 e. The molecule has 0 atom stereocenters. The molecule has 3 N–H and O–H groups in total. The van der Waals surface area contributed by atoms with E-state index in [1.165, 1.54) is 23.2 Å². The van der Waals surface area contributed by atoms with Crippen LogP contribution in [0.5, 0.6) is 0 Å². The molecule has 0 radical (unpaired) electrons. The van der Waals surface area contributed by atoms with Crippen LogP contribution in [-0.4, -0.2) is 34.8 Å². The Morgan fingerprint density at radius 2 is 2.19 bits per heavy atom. The number of likely N-dealkylation sites (N-methyl/N-ethyl adjacent to an activating group) is 1. The number of carbonyl (C=O) groups is 2. The molecule has 0 aromatic carbocycles. The van der Waals surface area contributed by atoms with Gasteiger partial charge in [-0.15, -0.1) is 0 Å². The summed E-state index contributed by atoms with van der Waals surface area (Å²) < 4.78 is 0. The lowest BCUT2D eigenvalue weighted by atomic mass is 10.2. The number of amides is 2. The number of hydrogen-bond acceptors (Lipinski definition) is 3. The Balaban J connectivity index is 2.91. The van der Waals surface area contributed by atoms with Gasteiger partial charge in [-0.2, -0.15) is 0 Å². The second kappa shape index (κ2) is 5.11. The number of primary amides is 1. The van der Waals surface area contributed by atoms with Crippen LogP contribution in [0.15, 0.2) is 23.1 Å². The normalized spacial score (nSPS) is 9.81. The smallest absolute Gasteiger partial charge is 0.254 e. The zero-order valence-electron chi connectivity index (χ0n) is 8.90. The third kappa shape index (κ3) is 2.94. The standard InChI is InChI=1S/C10H13N3O3/c1-2-13(6-8(11)14)10(16)7-3-4-12-9(15)5-7/h3-5H,2,6H2,1H3,(H2,11,14)(H,12,15). The molecule has 1 rings (SSSR count). The second-order valence-corrected chi connectivity index (χ2v) is 3.23. The van der Waals surface area contributed by atoms with Gasteiger partial charge in [0.2, 0.25) is 11.5 Å². The minimum atomic E-state index is -0.583. The van der Waals surface area contributed by atoms with Crippen LogP contribution >= 0.6 is 0 Å². The highest BCUT2D eigenvalue weighted by Gasteiger charge is 2.15. The number of rotatable bonds is 4. The molecule has 0 aliphatic rings. The Morgan fingerprint density at radius 3 is 2.69 bits per heavy atom. The molecule has 0 fully saturated rings. The fourth-order valence-corrected chi connectivity index (χ4v) is 1.28. The molecule has 1 aromatic heterocycles. The lowest BCUT2D eigenvalue weighted by Gasteiger charge is -2.18. The van der Waals surface area contributed by atoms with Crippen LogP contribution in [0, 0.1) is 0 Å². The second-order valence-electron chi connectivity index (χ2n) is 3.23. The van der Waals surface area contributed by atoms with Crippen LogP contribution in [0.4, 0.5) is 0 Å². The number of aromatic amines is 1. The van der Waals surface area contributed by atoms with Crippen molar-refractivity contribution >= 4 is 11.8 Å². The van der Waals surface area contributed by atoms with E-state index in [1.807, 2.05) is 0 Å². The van der Waals surface area contributed by atoms with E-state index >= 15 is 0 Å². The largest absolute Gasteiger partial charge is 0.368 e. The first-order chi connectivity index (χ1) is 7.54. The average molecular weight is 223 g/mol. The van der Waals surface area contributed by atoms with E-state index < -0.39 is 5.91 Å². The average Bonchev–Trinajstić information content (AvgIpc) is 2.24. The van der Waals surface area contributed by atoms with Gasteiger partial charge in [0.1, 0.15) is 0 Å². The first-order valence-electron chi connectivity index (χ1n) is 4.81. The Bertz CT molecular complexity index is 453. The van der Waals surface area contributed by atoms with Gasteiger partial charge in [0.25, 0.3) is 5.91 Å². The van der Waals surface area contributed by atoms with Gasteiger partial charge >= 0.3 is 0 Å². The van der Waals surface area contributed by atoms with Gasteiger partial charge in [-0.1, -0.05) is 0 Å². The Labute approximate surface area is 92.1 Å². The van der Waals surface area contributed by atoms with Crippen molar-refractivity contribution in [3.8, 4) is 0 Å². The molecular formula is C10H13N3O3. The van der Waals surface area contributed by atoms with E-state index in [-0.39, 0.29) is 23.6 Å². The summed E-state index contributed by atoms with van der Waals surface area (Å²) in [5.41, 5.74) is 4.90. The summed E-state index contributed by atoms with van der Waals surface area (Å²) in [5, 5.41) is 0. The Morgan fingerprint density at radius 1 is 1.50 bits per heavy atom. The monoisotopic (exact) mass is 223 g/mol. The molecule has 0 spiro atoms. The number of nitrogens with two attached hydrogens (primary N) is 1. The van der Waals surface area contributed by atoms with Crippen molar-refractivity contribution in [3.63, 3.8) is 0 Å². The third-order valence-corrected chi connectivity index (χ3v) is 2.04. The highest BCUT2D eigenvalue weighted by molar-refractivity contribution is 5.96. The summed E-state index contributed by atoms with van der Waals surface area (Å²) in [6.45, 7) is 1.94. The van der Waals surface area contributed by atoms with Crippen LogP contribution in [-0.2, 0) is 4.79 Å². The van der Waals surface area contributed by atoms with Gasteiger partial charge < -0.3 is 15.6 Å². The molecule has 0 saturated heterocycles. The van der Waals surface area contributed by atoms with Crippen molar-refractivity contribution in [2.24, 2.45) is 5.73 Å². The van der Waals surface area contributed by atoms with E-state index in [1.54, 1.807) is 6.92 Å². The van der Waals surface area contributed by atoms with Crippen LogP contribution in [0.3, 0.4) is 0 Å². The van der Waals surface area contributed by atoms with Crippen molar-refractivity contribution in [2.45, 2.75) is 6.92 Å². The minimum absolute atomic E-state index is 0.151. The molecule has 1 heterocycles. The molecule has 0 unspecified atom stereocenters. The van der Waals surface area contributed by atoms with Crippen molar-refractivity contribution in [1.29, 1.82) is 0 Å². The molecule has 0 aliphatic heterocycles. The number of nitrogens with one attached hydrogen (secondary N) is 1. The van der Waals surface area contributed by atoms with Crippen LogP contribution in [0.2, 0.25) is 0 Å². The highest BCUT2D eigenvalue weighted by Crippen LogP contribution is 2.00. The molecule has 0 saturated carbocycles. The topological polar surface area (TPSA) is 96.3 Å². The summed E-state index contributed by atoms with van der Waals surface area (Å²) in [5.74, 6) is -0.965. The zero-order chi connectivity index (χ0) is 12.1. The zero-order valence-corrected chi connectivity index (χ0v) is 8.90. The maximum absolute atomic E-state index is 11.8. The molecule has 6 heteroatoms. The third-order valence-electron chi connectivity index (χ3n) is 2.04. The van der Waals surface area contributed by atoms with Crippen LogP contribution in [0.25, 0.3) is 0 Å². The predicted molar refractivity (Wildman–Crippen MR) is 57.8 cm³/mol. The van der Waals surface area contributed by atoms with Gasteiger partial charge in [0, 0.05) is 24.4 Å². The van der Waals surface area contributed by atoms with E-state index in [2.05, 4.69) is 4.98 Å². The molecule has 86 valence electrons. The van der Waals surface area contributed by atoms with E-state index in [0.29, 0.717) is 6.54 Å². The van der Waals surface area contributed by atoms with Crippen molar-refractivity contribution in [1.82, 2.24) is 9.88 Å². The Kier molecular flexibility index (Phi) is 3.82. The molecule has 1 aromatic rings.